The van der Waals surface area contributed by atoms with Crippen LogP contribution in [0.25, 0.3) is 0 Å². The summed E-state index contributed by atoms with van der Waals surface area (Å²) in [6.45, 7) is 2.14. The molecule has 0 radical (unpaired) electrons. The highest BCUT2D eigenvalue weighted by Gasteiger charge is 2.33. The van der Waals surface area contributed by atoms with Gasteiger partial charge in [0.25, 0.3) is 0 Å². The van der Waals surface area contributed by atoms with Gasteiger partial charge in [-0.3, -0.25) is 0 Å². The molecule has 1 N–H and O–H groups in total. The van der Waals surface area contributed by atoms with Crippen molar-refractivity contribution in [3.05, 3.63) is 59.4 Å². The summed E-state index contributed by atoms with van der Waals surface area (Å²) in [7, 11) is -1.47. The number of aryl methyl sites for hydroxylation is 1. The number of sulfone groups is 1. The van der Waals surface area contributed by atoms with E-state index < -0.39 is 9.84 Å². The molecule has 0 amide bonds. The molecule has 1 saturated heterocycles. The summed E-state index contributed by atoms with van der Waals surface area (Å²) in [5.41, 5.74) is 2.06. The van der Waals surface area contributed by atoms with Crippen LogP contribution in [0, 0.1) is 12.7 Å². The fraction of sp³-hybridized carbons (Fsp3) is 0.350. The molecule has 0 unspecified atom stereocenters. The molecule has 0 saturated carbocycles. The van der Waals surface area contributed by atoms with Crippen molar-refractivity contribution in [1.82, 2.24) is 4.90 Å². The number of nitrogens with zero attached hydrogens (tertiary/aromatic N) is 1. The molecule has 1 aliphatic heterocycles. The zero-order valence-corrected chi connectivity index (χ0v) is 17.4. The molecular formula is C20H23FN2O3S2. The van der Waals surface area contributed by atoms with Crippen molar-refractivity contribution in [2.24, 2.45) is 0 Å². The van der Waals surface area contributed by atoms with Crippen LogP contribution in [0.4, 0.5) is 10.1 Å². The lowest BCUT2D eigenvalue weighted by atomic mass is 10.1. The molecule has 0 spiro atoms. The van der Waals surface area contributed by atoms with Gasteiger partial charge < -0.3 is 15.0 Å². The van der Waals surface area contributed by atoms with Crippen LogP contribution in [0.2, 0.25) is 0 Å². The van der Waals surface area contributed by atoms with Crippen molar-refractivity contribution < 1.29 is 17.5 Å². The molecule has 2 aromatic carbocycles. The smallest absolute Gasteiger partial charge is 0.174 e. The number of nitrogens with one attached hydrogen (secondary N) is 1. The van der Waals surface area contributed by atoms with Crippen molar-refractivity contribution in [3.8, 4) is 5.75 Å². The maximum Gasteiger partial charge on any atom is 0.174 e. The number of hydrogen-bond donors (Lipinski definition) is 1. The Morgan fingerprint density at radius 3 is 2.57 bits per heavy atom. The summed E-state index contributed by atoms with van der Waals surface area (Å²) in [5.74, 6) is 0.638. The topological polar surface area (TPSA) is 58.6 Å². The number of benzene rings is 2. The minimum atomic E-state index is -3.07. The average molecular weight is 423 g/mol. The Labute approximate surface area is 170 Å². The standard InChI is InChI=1S/C20H23FN2O3S2/c1-14-3-6-16(11-19(14)21)22-20(27)23(17-9-10-28(24,25)13-17)12-15-4-7-18(26-2)8-5-15/h3-8,11,17H,9-10,12-13H2,1-2H3,(H,22,27)/t17-/m1/s1. The van der Waals surface area contributed by atoms with Gasteiger partial charge >= 0.3 is 0 Å². The Morgan fingerprint density at radius 1 is 1.29 bits per heavy atom. The number of anilines is 1. The van der Waals surface area contributed by atoms with Gasteiger partial charge in [-0.05, 0) is 61.0 Å². The molecule has 0 aromatic heterocycles. The molecule has 150 valence electrons. The highest BCUT2D eigenvalue weighted by Crippen LogP contribution is 2.23. The third-order valence-corrected chi connectivity index (χ3v) is 6.93. The molecule has 1 atom stereocenters. The van der Waals surface area contributed by atoms with Gasteiger partial charge in [0, 0.05) is 18.3 Å². The monoisotopic (exact) mass is 422 g/mol. The Bertz CT molecular complexity index is 962. The third-order valence-electron chi connectivity index (χ3n) is 4.85. The number of halogens is 1. The van der Waals surface area contributed by atoms with Crippen LogP contribution >= 0.6 is 12.2 Å². The van der Waals surface area contributed by atoms with Gasteiger partial charge in [-0.2, -0.15) is 0 Å². The Morgan fingerprint density at radius 2 is 2.00 bits per heavy atom. The van der Waals surface area contributed by atoms with Gasteiger partial charge in [0.15, 0.2) is 14.9 Å². The summed E-state index contributed by atoms with van der Waals surface area (Å²) < 4.78 is 43.0. The second-order valence-electron chi connectivity index (χ2n) is 6.93. The lowest BCUT2D eigenvalue weighted by molar-refractivity contribution is 0.332. The first-order chi connectivity index (χ1) is 13.3. The second-order valence-corrected chi connectivity index (χ2v) is 9.54. The summed E-state index contributed by atoms with van der Waals surface area (Å²) in [4.78, 5) is 1.87. The molecule has 28 heavy (non-hydrogen) atoms. The van der Waals surface area contributed by atoms with E-state index >= 15 is 0 Å². The first kappa shape index (κ1) is 20.5. The maximum atomic E-state index is 13.9. The molecule has 1 fully saturated rings. The lowest BCUT2D eigenvalue weighted by Gasteiger charge is -2.31. The average Bonchev–Trinajstić information content (AvgIpc) is 3.02. The van der Waals surface area contributed by atoms with E-state index in [4.69, 9.17) is 17.0 Å². The van der Waals surface area contributed by atoms with E-state index in [2.05, 4.69) is 5.32 Å². The normalized spacial score (nSPS) is 17.9. The van der Waals surface area contributed by atoms with Crippen LogP contribution in [0.1, 0.15) is 17.5 Å². The zero-order valence-electron chi connectivity index (χ0n) is 15.8. The molecule has 0 aliphatic carbocycles. The fourth-order valence-electron chi connectivity index (χ4n) is 3.18. The number of rotatable bonds is 5. The van der Waals surface area contributed by atoms with E-state index in [1.165, 1.54) is 6.07 Å². The van der Waals surface area contributed by atoms with Crippen LogP contribution < -0.4 is 10.1 Å². The molecule has 1 aliphatic rings. The minimum absolute atomic E-state index is 0.0627. The van der Waals surface area contributed by atoms with Crippen molar-refractivity contribution in [2.75, 3.05) is 23.9 Å². The zero-order chi connectivity index (χ0) is 20.3. The predicted molar refractivity (Wildman–Crippen MR) is 113 cm³/mol. The van der Waals surface area contributed by atoms with E-state index in [0.717, 1.165) is 11.3 Å². The number of thiocarbonyl (C=S) groups is 1. The van der Waals surface area contributed by atoms with Crippen molar-refractivity contribution in [3.63, 3.8) is 0 Å². The van der Waals surface area contributed by atoms with Crippen LogP contribution in [-0.2, 0) is 16.4 Å². The summed E-state index contributed by atoms with van der Waals surface area (Å²) in [6.07, 6.45) is 0.516. The predicted octanol–water partition coefficient (Wildman–Crippen LogP) is 3.53. The van der Waals surface area contributed by atoms with Gasteiger partial charge in [-0.25, -0.2) is 12.8 Å². The third kappa shape index (κ3) is 4.99. The summed E-state index contributed by atoms with van der Waals surface area (Å²) in [6, 6.07) is 12.1. The summed E-state index contributed by atoms with van der Waals surface area (Å²) >= 11 is 5.57. The van der Waals surface area contributed by atoms with Crippen molar-refractivity contribution in [1.29, 1.82) is 0 Å². The van der Waals surface area contributed by atoms with Crippen LogP contribution in [0.3, 0.4) is 0 Å². The fourth-order valence-corrected chi connectivity index (χ4v) is 5.24. The maximum absolute atomic E-state index is 13.9. The molecule has 5 nitrogen and oxygen atoms in total. The quantitative estimate of drug-likeness (QED) is 0.744. The molecule has 0 bridgehead atoms. The van der Waals surface area contributed by atoms with Crippen LogP contribution in [0.15, 0.2) is 42.5 Å². The van der Waals surface area contributed by atoms with E-state index in [9.17, 15) is 12.8 Å². The van der Waals surface area contributed by atoms with Gasteiger partial charge in [-0.15, -0.1) is 0 Å². The second kappa shape index (κ2) is 8.45. The molecule has 2 aromatic rings. The molecule has 8 heteroatoms. The molecule has 1 heterocycles. The Hall–Kier alpha value is -2.19. The minimum Gasteiger partial charge on any atom is -0.497 e. The van der Waals surface area contributed by atoms with Gasteiger partial charge in [-0.1, -0.05) is 18.2 Å². The SMILES string of the molecule is COc1ccc(CN(C(=S)Nc2ccc(C)c(F)c2)[C@@H]2CCS(=O)(=O)C2)cc1. The van der Waals surface area contributed by atoms with E-state index in [-0.39, 0.29) is 23.4 Å². The largest absolute Gasteiger partial charge is 0.497 e. The van der Waals surface area contributed by atoms with E-state index in [1.54, 1.807) is 26.2 Å². The van der Waals surface area contributed by atoms with Gasteiger partial charge in [0.05, 0.1) is 18.6 Å². The first-order valence-corrected chi connectivity index (χ1v) is 11.2. The summed E-state index contributed by atoms with van der Waals surface area (Å²) in [5, 5.41) is 3.43. The van der Waals surface area contributed by atoms with Crippen LogP contribution in [-0.4, -0.2) is 43.1 Å². The number of hydrogen-bond acceptors (Lipinski definition) is 4. The molecular weight excluding hydrogens is 399 g/mol. The Kier molecular flexibility index (Phi) is 6.20. The number of methoxy groups -OCH3 is 1. The van der Waals surface area contributed by atoms with E-state index in [1.807, 2.05) is 29.2 Å². The molecule has 3 rings (SSSR count). The van der Waals surface area contributed by atoms with Crippen LogP contribution in [0.5, 0.6) is 5.75 Å². The van der Waals surface area contributed by atoms with E-state index in [0.29, 0.717) is 29.3 Å². The van der Waals surface area contributed by atoms with Gasteiger partial charge in [0.1, 0.15) is 11.6 Å². The number of ether oxygens (including phenoxy) is 1. The highest BCUT2D eigenvalue weighted by molar-refractivity contribution is 7.91. The van der Waals surface area contributed by atoms with Gasteiger partial charge in [0.2, 0.25) is 0 Å². The van der Waals surface area contributed by atoms with Crippen molar-refractivity contribution in [2.45, 2.75) is 25.9 Å². The highest BCUT2D eigenvalue weighted by atomic mass is 32.2. The Balaban J connectivity index is 1.81. The first-order valence-electron chi connectivity index (χ1n) is 8.94. The lowest BCUT2D eigenvalue weighted by Crippen LogP contribution is -2.43. The van der Waals surface area contributed by atoms with Crippen molar-refractivity contribution >= 4 is 32.9 Å².